The number of unbranched alkanes of at least 4 members (excludes halogenated alkanes) is 4. The van der Waals surface area contributed by atoms with Crippen LogP contribution in [0.15, 0.2) is 33.6 Å². The fourth-order valence-electron chi connectivity index (χ4n) is 1.43. The third-order valence-corrected chi connectivity index (χ3v) is 3.96. The van der Waals surface area contributed by atoms with Crippen LogP contribution in [0.2, 0.25) is 0 Å². The quantitative estimate of drug-likeness (QED) is 0.470. The average Bonchev–Trinajstić information content (AvgIpc) is 2.26. The largest absolute Gasteiger partial charge is 0.126 e. The van der Waals surface area contributed by atoms with Gasteiger partial charge in [-0.1, -0.05) is 48.5 Å². The van der Waals surface area contributed by atoms with Crippen molar-refractivity contribution in [2.75, 3.05) is 5.75 Å². The Labute approximate surface area is 106 Å². The molecule has 0 bridgehead atoms. The standard InChI is InChI=1S/C13H19BrS/c1-2-3-4-5-6-11-15-13-9-7-12(14)8-10-13/h7-10H,2-6,11H2,1H3. The first-order valence-electron chi connectivity index (χ1n) is 5.71. The van der Waals surface area contributed by atoms with Crippen LogP contribution in [-0.4, -0.2) is 5.75 Å². The van der Waals surface area contributed by atoms with E-state index in [9.17, 15) is 0 Å². The van der Waals surface area contributed by atoms with Gasteiger partial charge in [0.1, 0.15) is 0 Å². The number of benzene rings is 1. The third-order valence-electron chi connectivity index (χ3n) is 2.33. The van der Waals surface area contributed by atoms with Crippen molar-refractivity contribution in [1.29, 1.82) is 0 Å². The highest BCUT2D eigenvalue weighted by molar-refractivity contribution is 9.10. The van der Waals surface area contributed by atoms with Crippen LogP contribution in [0.1, 0.15) is 39.0 Å². The van der Waals surface area contributed by atoms with Crippen LogP contribution in [-0.2, 0) is 0 Å². The molecular weight excluding hydrogens is 268 g/mol. The zero-order chi connectivity index (χ0) is 10.9. The molecule has 1 aromatic carbocycles. The Kier molecular flexibility index (Phi) is 7.20. The van der Waals surface area contributed by atoms with Crippen molar-refractivity contribution in [3.63, 3.8) is 0 Å². The molecule has 0 unspecified atom stereocenters. The van der Waals surface area contributed by atoms with E-state index >= 15 is 0 Å². The van der Waals surface area contributed by atoms with Gasteiger partial charge in [0.25, 0.3) is 0 Å². The van der Waals surface area contributed by atoms with Gasteiger partial charge in [-0.3, -0.25) is 0 Å². The van der Waals surface area contributed by atoms with Crippen LogP contribution in [0, 0.1) is 0 Å². The van der Waals surface area contributed by atoms with Gasteiger partial charge in [0, 0.05) is 9.37 Å². The van der Waals surface area contributed by atoms with E-state index in [-0.39, 0.29) is 0 Å². The molecule has 0 saturated carbocycles. The molecule has 15 heavy (non-hydrogen) atoms. The molecule has 0 nitrogen and oxygen atoms in total. The Morgan fingerprint density at radius 1 is 1.00 bits per heavy atom. The summed E-state index contributed by atoms with van der Waals surface area (Å²) in [5.74, 6) is 1.26. The van der Waals surface area contributed by atoms with Crippen LogP contribution in [0.3, 0.4) is 0 Å². The molecule has 0 atom stereocenters. The summed E-state index contributed by atoms with van der Waals surface area (Å²) in [5.41, 5.74) is 0. The van der Waals surface area contributed by atoms with Gasteiger partial charge < -0.3 is 0 Å². The van der Waals surface area contributed by atoms with Gasteiger partial charge in [-0.05, 0) is 36.4 Å². The van der Waals surface area contributed by atoms with Crippen LogP contribution in [0.25, 0.3) is 0 Å². The van der Waals surface area contributed by atoms with Crippen LogP contribution in [0.5, 0.6) is 0 Å². The molecule has 0 spiro atoms. The Morgan fingerprint density at radius 3 is 2.33 bits per heavy atom. The molecule has 1 aromatic rings. The Hall–Kier alpha value is 0.0500. The number of hydrogen-bond donors (Lipinski definition) is 0. The molecule has 0 aliphatic rings. The predicted octanol–water partition coefficient (Wildman–Crippen LogP) is 5.51. The molecule has 0 radical (unpaired) electrons. The van der Waals surface area contributed by atoms with E-state index in [2.05, 4.69) is 47.1 Å². The summed E-state index contributed by atoms with van der Waals surface area (Å²) >= 11 is 5.41. The number of hydrogen-bond acceptors (Lipinski definition) is 1. The molecular formula is C13H19BrS. The average molecular weight is 287 g/mol. The fraction of sp³-hybridized carbons (Fsp3) is 0.538. The van der Waals surface area contributed by atoms with Crippen molar-refractivity contribution in [2.24, 2.45) is 0 Å². The Balaban J connectivity index is 2.07. The second-order valence-electron chi connectivity index (χ2n) is 3.72. The van der Waals surface area contributed by atoms with Crippen LogP contribution < -0.4 is 0 Å². The van der Waals surface area contributed by atoms with Crippen LogP contribution in [0.4, 0.5) is 0 Å². The van der Waals surface area contributed by atoms with Crippen molar-refractivity contribution in [1.82, 2.24) is 0 Å². The van der Waals surface area contributed by atoms with E-state index in [1.54, 1.807) is 0 Å². The maximum atomic E-state index is 3.45. The van der Waals surface area contributed by atoms with Gasteiger partial charge in [-0.25, -0.2) is 0 Å². The minimum Gasteiger partial charge on any atom is -0.126 e. The minimum absolute atomic E-state index is 1.16. The lowest BCUT2D eigenvalue weighted by Crippen LogP contribution is -1.81. The molecule has 0 fully saturated rings. The summed E-state index contributed by atoms with van der Waals surface area (Å²) < 4.78 is 1.16. The zero-order valence-corrected chi connectivity index (χ0v) is 11.7. The number of halogens is 1. The molecule has 0 aliphatic heterocycles. The summed E-state index contributed by atoms with van der Waals surface area (Å²) in [6.45, 7) is 2.26. The van der Waals surface area contributed by atoms with Crippen molar-refractivity contribution in [2.45, 2.75) is 43.9 Å². The lowest BCUT2D eigenvalue weighted by molar-refractivity contribution is 0.659. The summed E-state index contributed by atoms with van der Waals surface area (Å²) in [5, 5.41) is 0. The molecule has 84 valence electrons. The number of rotatable bonds is 7. The molecule has 0 aromatic heterocycles. The van der Waals surface area contributed by atoms with E-state index in [0.717, 1.165) is 4.47 Å². The van der Waals surface area contributed by atoms with E-state index in [4.69, 9.17) is 0 Å². The summed E-state index contributed by atoms with van der Waals surface area (Å²) in [7, 11) is 0. The second kappa shape index (κ2) is 8.23. The molecule has 2 heteroatoms. The fourth-order valence-corrected chi connectivity index (χ4v) is 2.60. The SMILES string of the molecule is CCCCCCCSc1ccc(Br)cc1. The lowest BCUT2D eigenvalue weighted by Gasteiger charge is -2.01. The summed E-state index contributed by atoms with van der Waals surface area (Å²) in [6, 6.07) is 8.58. The van der Waals surface area contributed by atoms with Crippen molar-refractivity contribution >= 4 is 27.7 Å². The zero-order valence-electron chi connectivity index (χ0n) is 9.34. The van der Waals surface area contributed by atoms with E-state index in [1.165, 1.54) is 42.8 Å². The summed E-state index contributed by atoms with van der Waals surface area (Å²) in [6.07, 6.45) is 6.86. The Bertz CT molecular complexity index is 256. The maximum Gasteiger partial charge on any atom is 0.0176 e. The monoisotopic (exact) mass is 286 g/mol. The highest BCUT2D eigenvalue weighted by Gasteiger charge is 1.94. The first kappa shape index (κ1) is 13.1. The molecule has 0 N–H and O–H groups in total. The van der Waals surface area contributed by atoms with Crippen molar-refractivity contribution in [3.05, 3.63) is 28.7 Å². The molecule has 0 saturated heterocycles. The highest BCUT2D eigenvalue weighted by Crippen LogP contribution is 2.21. The van der Waals surface area contributed by atoms with Gasteiger partial charge >= 0.3 is 0 Å². The normalized spacial score (nSPS) is 10.5. The van der Waals surface area contributed by atoms with Gasteiger partial charge in [-0.2, -0.15) is 0 Å². The van der Waals surface area contributed by atoms with Gasteiger partial charge in [-0.15, -0.1) is 11.8 Å². The molecule has 1 rings (SSSR count). The topological polar surface area (TPSA) is 0 Å². The summed E-state index contributed by atoms with van der Waals surface area (Å²) in [4.78, 5) is 1.38. The van der Waals surface area contributed by atoms with Crippen LogP contribution >= 0.6 is 27.7 Å². The first-order valence-corrected chi connectivity index (χ1v) is 7.49. The maximum absolute atomic E-state index is 3.45. The number of thioether (sulfide) groups is 1. The smallest absolute Gasteiger partial charge is 0.0176 e. The van der Waals surface area contributed by atoms with Crippen molar-refractivity contribution < 1.29 is 0 Å². The van der Waals surface area contributed by atoms with Gasteiger partial charge in [0.05, 0.1) is 0 Å². The highest BCUT2D eigenvalue weighted by atomic mass is 79.9. The first-order chi connectivity index (χ1) is 7.33. The van der Waals surface area contributed by atoms with Crippen molar-refractivity contribution in [3.8, 4) is 0 Å². The molecule has 0 aliphatic carbocycles. The Morgan fingerprint density at radius 2 is 1.67 bits per heavy atom. The van der Waals surface area contributed by atoms with E-state index in [1.807, 2.05) is 11.8 Å². The van der Waals surface area contributed by atoms with E-state index < -0.39 is 0 Å². The van der Waals surface area contributed by atoms with Gasteiger partial charge in [0.2, 0.25) is 0 Å². The van der Waals surface area contributed by atoms with Gasteiger partial charge in [0.15, 0.2) is 0 Å². The molecule has 0 heterocycles. The predicted molar refractivity (Wildman–Crippen MR) is 73.6 cm³/mol. The lowest BCUT2D eigenvalue weighted by atomic mass is 10.2. The van der Waals surface area contributed by atoms with E-state index in [0.29, 0.717) is 0 Å². The third kappa shape index (κ3) is 6.26. The second-order valence-corrected chi connectivity index (χ2v) is 5.80. The molecule has 0 amide bonds. The minimum atomic E-state index is 1.16.